The van der Waals surface area contributed by atoms with Crippen molar-refractivity contribution in [1.82, 2.24) is 4.98 Å². The van der Waals surface area contributed by atoms with Crippen molar-refractivity contribution in [3.05, 3.63) is 41.8 Å². The monoisotopic (exact) mass is 265 g/mol. The van der Waals surface area contributed by atoms with Crippen LogP contribution in [0, 0.1) is 0 Å². The molecule has 0 fully saturated rings. The zero-order valence-electron chi connectivity index (χ0n) is 10.5. The fourth-order valence-corrected chi connectivity index (χ4v) is 1.72. The molecule has 1 heterocycles. The highest BCUT2D eigenvalue weighted by Crippen LogP contribution is 2.25. The molecule has 0 aliphatic carbocycles. The molecule has 0 bridgehead atoms. The summed E-state index contributed by atoms with van der Waals surface area (Å²) in [6.45, 7) is 4.38. The van der Waals surface area contributed by atoms with Gasteiger partial charge in [-0.05, 0) is 30.0 Å². The van der Waals surface area contributed by atoms with Crippen molar-refractivity contribution in [3.8, 4) is 11.8 Å². The highest BCUT2D eigenvalue weighted by molar-refractivity contribution is 6.16. The molecular formula is C14H16ClNO2. The Hall–Kier alpha value is -1.48. The van der Waals surface area contributed by atoms with E-state index in [1.165, 1.54) is 11.8 Å². The number of halogens is 1. The molecule has 1 atom stereocenters. The zero-order valence-corrected chi connectivity index (χ0v) is 11.3. The van der Waals surface area contributed by atoms with Gasteiger partial charge in [-0.15, -0.1) is 11.6 Å². The third kappa shape index (κ3) is 3.05. The SMILES string of the molecule is CCC(C)c1ccc(Oc2nc(CCl)co2)cc1. The van der Waals surface area contributed by atoms with E-state index in [4.69, 9.17) is 20.8 Å². The van der Waals surface area contributed by atoms with Crippen molar-refractivity contribution in [3.63, 3.8) is 0 Å². The Morgan fingerprint density at radius 2 is 2.06 bits per heavy atom. The van der Waals surface area contributed by atoms with Crippen molar-refractivity contribution in [2.24, 2.45) is 0 Å². The lowest BCUT2D eigenvalue weighted by atomic mass is 9.99. The van der Waals surface area contributed by atoms with Crippen LogP contribution in [0.15, 0.2) is 34.9 Å². The van der Waals surface area contributed by atoms with E-state index < -0.39 is 0 Å². The molecule has 0 aliphatic heterocycles. The Kier molecular flexibility index (Phi) is 4.26. The first kappa shape index (κ1) is 13.0. The smallest absolute Gasteiger partial charge is 0.399 e. The molecule has 0 radical (unpaired) electrons. The van der Waals surface area contributed by atoms with Crippen LogP contribution in [0.2, 0.25) is 0 Å². The van der Waals surface area contributed by atoms with Gasteiger partial charge in [-0.25, -0.2) is 0 Å². The largest absolute Gasteiger partial charge is 0.417 e. The normalized spacial score (nSPS) is 12.4. The summed E-state index contributed by atoms with van der Waals surface area (Å²) in [6.07, 6.45) is 2.84. The van der Waals surface area contributed by atoms with Crippen LogP contribution < -0.4 is 4.74 Å². The Labute approximate surface area is 112 Å². The van der Waals surface area contributed by atoms with Crippen molar-refractivity contribution in [2.75, 3.05) is 0 Å². The highest BCUT2D eigenvalue weighted by Gasteiger charge is 2.07. The fraction of sp³-hybridized carbons (Fsp3) is 0.357. The van der Waals surface area contributed by atoms with Gasteiger partial charge in [0, 0.05) is 0 Å². The quantitative estimate of drug-likeness (QED) is 0.734. The molecule has 0 aliphatic rings. The van der Waals surface area contributed by atoms with E-state index in [1.807, 2.05) is 12.1 Å². The first-order valence-corrected chi connectivity index (χ1v) is 6.54. The molecule has 0 saturated heterocycles. The van der Waals surface area contributed by atoms with E-state index in [0.29, 0.717) is 23.2 Å². The average molecular weight is 266 g/mol. The number of oxazole rings is 1. The molecule has 18 heavy (non-hydrogen) atoms. The maximum absolute atomic E-state index is 5.64. The summed E-state index contributed by atoms with van der Waals surface area (Å²) < 4.78 is 10.6. The van der Waals surface area contributed by atoms with Crippen LogP contribution in [0.25, 0.3) is 0 Å². The van der Waals surface area contributed by atoms with E-state index >= 15 is 0 Å². The first-order valence-electron chi connectivity index (χ1n) is 6.01. The van der Waals surface area contributed by atoms with Gasteiger partial charge < -0.3 is 9.15 Å². The molecule has 2 aromatic rings. The number of aromatic nitrogens is 1. The van der Waals surface area contributed by atoms with Crippen LogP contribution in [-0.2, 0) is 5.88 Å². The Morgan fingerprint density at radius 3 is 2.61 bits per heavy atom. The van der Waals surface area contributed by atoms with Crippen molar-refractivity contribution in [1.29, 1.82) is 0 Å². The number of hydrogen-bond donors (Lipinski definition) is 0. The molecule has 4 heteroatoms. The summed E-state index contributed by atoms with van der Waals surface area (Å²) in [6, 6.07) is 7.97. The van der Waals surface area contributed by atoms with Gasteiger partial charge in [-0.3, -0.25) is 0 Å². The van der Waals surface area contributed by atoms with Crippen LogP contribution in [0.3, 0.4) is 0 Å². The minimum absolute atomic E-state index is 0.224. The topological polar surface area (TPSA) is 35.3 Å². The minimum atomic E-state index is 0.224. The standard InChI is InChI=1S/C14H16ClNO2/c1-3-10(2)11-4-6-13(7-5-11)18-14-16-12(8-15)9-17-14/h4-7,9-10H,3,8H2,1-2H3. The van der Waals surface area contributed by atoms with Crippen molar-refractivity contribution in [2.45, 2.75) is 32.1 Å². The van der Waals surface area contributed by atoms with Gasteiger partial charge in [0.2, 0.25) is 0 Å². The van der Waals surface area contributed by atoms with E-state index in [-0.39, 0.29) is 6.08 Å². The predicted molar refractivity (Wildman–Crippen MR) is 71.3 cm³/mol. The van der Waals surface area contributed by atoms with Gasteiger partial charge in [0.15, 0.2) is 0 Å². The molecule has 3 nitrogen and oxygen atoms in total. The molecule has 1 aromatic carbocycles. The second kappa shape index (κ2) is 5.91. The molecule has 1 aromatic heterocycles. The number of rotatable bonds is 5. The molecule has 0 saturated carbocycles. The second-order valence-electron chi connectivity index (χ2n) is 4.22. The van der Waals surface area contributed by atoms with E-state index in [9.17, 15) is 0 Å². The fourth-order valence-electron chi connectivity index (χ4n) is 1.60. The zero-order chi connectivity index (χ0) is 13.0. The third-order valence-electron chi connectivity index (χ3n) is 2.93. The lowest BCUT2D eigenvalue weighted by Crippen LogP contribution is -1.91. The van der Waals surface area contributed by atoms with E-state index in [0.717, 1.165) is 6.42 Å². The maximum atomic E-state index is 5.64. The van der Waals surface area contributed by atoms with Crippen LogP contribution in [0.5, 0.6) is 11.8 Å². The van der Waals surface area contributed by atoms with Crippen LogP contribution >= 0.6 is 11.6 Å². The molecule has 2 rings (SSSR count). The summed E-state index contributed by atoms with van der Waals surface area (Å²) in [7, 11) is 0. The van der Waals surface area contributed by atoms with Gasteiger partial charge in [0.25, 0.3) is 0 Å². The molecule has 0 spiro atoms. The van der Waals surface area contributed by atoms with E-state index in [1.54, 1.807) is 0 Å². The predicted octanol–water partition coefficient (Wildman–Crippen LogP) is 4.72. The molecule has 0 amide bonds. The molecule has 96 valence electrons. The van der Waals surface area contributed by atoms with Crippen LogP contribution in [-0.4, -0.2) is 4.98 Å². The summed E-state index contributed by atoms with van der Waals surface area (Å²) in [5.41, 5.74) is 1.97. The lowest BCUT2D eigenvalue weighted by Gasteiger charge is -2.09. The van der Waals surface area contributed by atoms with Gasteiger partial charge in [0.1, 0.15) is 12.0 Å². The Bertz CT molecular complexity index is 493. The summed E-state index contributed by atoms with van der Waals surface area (Å²) >= 11 is 5.64. The summed E-state index contributed by atoms with van der Waals surface area (Å²) in [5, 5.41) is 0. The first-order chi connectivity index (χ1) is 8.72. The average Bonchev–Trinajstić information content (AvgIpc) is 2.86. The van der Waals surface area contributed by atoms with Crippen LogP contribution in [0.4, 0.5) is 0 Å². The van der Waals surface area contributed by atoms with Crippen molar-refractivity contribution >= 4 is 11.6 Å². The number of hydrogen-bond acceptors (Lipinski definition) is 3. The van der Waals surface area contributed by atoms with Gasteiger partial charge in [-0.1, -0.05) is 26.0 Å². The number of benzene rings is 1. The van der Waals surface area contributed by atoms with Gasteiger partial charge in [-0.2, -0.15) is 4.98 Å². The minimum Gasteiger partial charge on any atom is -0.417 e. The number of nitrogens with zero attached hydrogens (tertiary/aromatic N) is 1. The molecule has 0 N–H and O–H groups in total. The summed E-state index contributed by atoms with van der Waals surface area (Å²) in [4.78, 5) is 4.08. The Balaban J connectivity index is 2.06. The molecule has 1 unspecified atom stereocenters. The van der Waals surface area contributed by atoms with E-state index in [2.05, 4.69) is 31.0 Å². The number of ether oxygens (including phenoxy) is 1. The van der Waals surface area contributed by atoms with Gasteiger partial charge in [0.05, 0.1) is 11.6 Å². The maximum Gasteiger partial charge on any atom is 0.399 e. The second-order valence-corrected chi connectivity index (χ2v) is 4.49. The highest BCUT2D eigenvalue weighted by atomic mass is 35.5. The van der Waals surface area contributed by atoms with Crippen molar-refractivity contribution < 1.29 is 9.15 Å². The summed E-state index contributed by atoms with van der Waals surface area (Å²) in [5.74, 6) is 1.59. The number of alkyl halides is 1. The lowest BCUT2D eigenvalue weighted by molar-refractivity contribution is 0.330. The van der Waals surface area contributed by atoms with Gasteiger partial charge >= 0.3 is 6.08 Å². The Morgan fingerprint density at radius 1 is 1.33 bits per heavy atom. The third-order valence-corrected chi connectivity index (χ3v) is 3.21. The van der Waals surface area contributed by atoms with Crippen LogP contribution in [0.1, 0.15) is 37.4 Å². The molecular weight excluding hydrogens is 250 g/mol.